The van der Waals surface area contributed by atoms with Crippen molar-refractivity contribution in [2.75, 3.05) is 26.2 Å². The number of nitrogens with one attached hydrogen (secondary N) is 4. The number of ether oxygens (including phenoxy) is 2. The smallest absolute Gasteiger partial charge is 0.326 e. The maximum atomic E-state index is 13.2. The SMILES string of the molecule is CC1=C(/C=C/C(C)=C/C=C/C(C)=C/C=C/C=C(C)/C=C/C=C(C)\C=C\C2=C(C)C(=O)[C@@H](OC(=O)CNC(=O)NCCCC(=O)O)CC2(C)C)CC[C@H](OC(=O)CNC(=O)NCCCC(=O)O)C1=O. The average molecular weight is 941 g/mol. The van der Waals surface area contributed by atoms with Crippen molar-refractivity contribution in [1.29, 1.82) is 0 Å². The van der Waals surface area contributed by atoms with Crippen LogP contribution in [0.1, 0.15) is 100 Å². The number of allylic oxidation sites excluding steroid dienone is 20. The standard InChI is InChI=1S/C52H68N4O12/c1-34(17-11-19-36(3)23-25-40-26-28-42(48(63)38(40)5)67-46(61)32-55-50(65)53-29-13-21-44(57)58)15-9-10-16-35(2)18-12-20-37(4)24-27-41-39(6)49(64)43(31-52(41,7)8)68-47(62)33-56-51(66)54-30-14-22-45(59)60/h9-12,15-20,23-25,27,42-43H,13-14,21-22,26,28-33H2,1-8H3,(H,57,58)(H,59,60)(H2,53,55,65)(H2,54,56,66)/b10-9+,17-11+,18-12+,25-23+,27-24+,34-15+,35-16+,36-19+,37-20-/t42-,43-/m0/s1. The first-order valence-corrected chi connectivity index (χ1v) is 22.5. The predicted octanol–water partition coefficient (Wildman–Crippen LogP) is 7.70. The number of carboxylic acid groups (broad SMARTS) is 2. The number of carbonyl (C=O) groups excluding carboxylic acids is 6. The van der Waals surface area contributed by atoms with E-state index in [1.165, 1.54) is 0 Å². The van der Waals surface area contributed by atoms with Gasteiger partial charge in [0.05, 0.1) is 0 Å². The molecule has 2 rings (SSSR count). The van der Waals surface area contributed by atoms with E-state index >= 15 is 0 Å². The van der Waals surface area contributed by atoms with E-state index in [0.717, 1.165) is 33.4 Å². The van der Waals surface area contributed by atoms with Crippen molar-refractivity contribution >= 4 is 47.5 Å². The quantitative estimate of drug-likeness (QED) is 0.0310. The van der Waals surface area contributed by atoms with E-state index in [9.17, 15) is 38.4 Å². The van der Waals surface area contributed by atoms with Crippen LogP contribution in [0, 0.1) is 5.41 Å². The van der Waals surface area contributed by atoms with Gasteiger partial charge in [-0.15, -0.1) is 0 Å². The van der Waals surface area contributed by atoms with Crippen LogP contribution < -0.4 is 21.3 Å². The fourth-order valence-corrected chi connectivity index (χ4v) is 6.82. The van der Waals surface area contributed by atoms with E-state index < -0.39 is 66.7 Å². The van der Waals surface area contributed by atoms with Gasteiger partial charge in [0.1, 0.15) is 13.1 Å². The van der Waals surface area contributed by atoms with Gasteiger partial charge in [0, 0.05) is 32.4 Å². The van der Waals surface area contributed by atoms with Crippen molar-refractivity contribution in [1.82, 2.24) is 21.3 Å². The van der Waals surface area contributed by atoms with Gasteiger partial charge in [-0.2, -0.15) is 0 Å². The van der Waals surface area contributed by atoms with Crippen LogP contribution in [-0.4, -0.2) is 96.1 Å². The predicted molar refractivity (Wildman–Crippen MR) is 260 cm³/mol. The van der Waals surface area contributed by atoms with Gasteiger partial charge >= 0.3 is 35.9 Å². The van der Waals surface area contributed by atoms with Crippen molar-refractivity contribution in [3.63, 3.8) is 0 Å². The molecule has 0 saturated carbocycles. The van der Waals surface area contributed by atoms with Crippen molar-refractivity contribution in [3.8, 4) is 0 Å². The molecule has 368 valence electrons. The van der Waals surface area contributed by atoms with Crippen LogP contribution in [0.25, 0.3) is 0 Å². The van der Waals surface area contributed by atoms with Gasteiger partial charge in [0.15, 0.2) is 23.8 Å². The number of carbonyl (C=O) groups is 8. The van der Waals surface area contributed by atoms with Crippen molar-refractivity contribution in [3.05, 3.63) is 130 Å². The highest BCUT2D eigenvalue weighted by molar-refractivity contribution is 6.02. The molecule has 0 fully saturated rings. The van der Waals surface area contributed by atoms with Gasteiger partial charge in [0.25, 0.3) is 0 Å². The summed E-state index contributed by atoms with van der Waals surface area (Å²) in [5, 5.41) is 27.0. The number of amides is 4. The number of rotatable bonds is 24. The largest absolute Gasteiger partial charge is 0.481 e. The first kappa shape index (κ1) is 57.0. The Bertz CT molecular complexity index is 2240. The van der Waals surface area contributed by atoms with Gasteiger partial charge in [-0.25, -0.2) is 9.59 Å². The Hall–Kier alpha value is -7.10. The van der Waals surface area contributed by atoms with Gasteiger partial charge in [-0.1, -0.05) is 121 Å². The van der Waals surface area contributed by atoms with E-state index in [4.69, 9.17) is 19.7 Å². The number of hydrogen-bond donors (Lipinski definition) is 6. The van der Waals surface area contributed by atoms with Crippen LogP contribution in [0.4, 0.5) is 9.59 Å². The van der Waals surface area contributed by atoms with E-state index in [1.807, 2.05) is 127 Å². The van der Waals surface area contributed by atoms with E-state index in [0.29, 0.717) is 24.0 Å². The molecule has 16 nitrogen and oxygen atoms in total. The second-order valence-corrected chi connectivity index (χ2v) is 17.1. The molecule has 0 saturated heterocycles. The first-order valence-electron chi connectivity index (χ1n) is 22.5. The Balaban J connectivity index is 1.85. The molecular weight excluding hydrogens is 873 g/mol. The Labute approximate surface area is 399 Å². The lowest BCUT2D eigenvalue weighted by atomic mass is 9.71. The molecule has 0 heterocycles. The molecule has 0 bridgehead atoms. The molecule has 0 aromatic heterocycles. The summed E-state index contributed by atoms with van der Waals surface area (Å²) in [6.07, 6.45) is 27.0. The molecule has 0 aromatic rings. The van der Waals surface area contributed by atoms with Gasteiger partial charge in [-0.3, -0.25) is 28.8 Å². The minimum absolute atomic E-state index is 0.0837. The minimum atomic E-state index is -0.978. The highest BCUT2D eigenvalue weighted by Gasteiger charge is 2.40. The summed E-state index contributed by atoms with van der Waals surface area (Å²) >= 11 is 0. The monoisotopic (exact) mass is 940 g/mol. The third kappa shape index (κ3) is 22.4. The molecule has 2 aliphatic carbocycles. The average Bonchev–Trinajstić information content (AvgIpc) is 3.26. The number of esters is 2. The Morgan fingerprint density at radius 1 is 0.603 bits per heavy atom. The van der Waals surface area contributed by atoms with Crippen LogP contribution in [0.2, 0.25) is 0 Å². The summed E-state index contributed by atoms with van der Waals surface area (Å²) in [6, 6.07) is -1.26. The number of hydrogen-bond acceptors (Lipinski definition) is 10. The molecule has 0 aliphatic heterocycles. The summed E-state index contributed by atoms with van der Waals surface area (Å²) in [5.74, 6) is -3.99. The van der Waals surface area contributed by atoms with E-state index in [2.05, 4.69) is 21.3 Å². The Morgan fingerprint density at radius 2 is 1.03 bits per heavy atom. The lowest BCUT2D eigenvalue weighted by Gasteiger charge is -2.36. The molecule has 2 atom stereocenters. The van der Waals surface area contributed by atoms with Crippen LogP contribution in [0.3, 0.4) is 0 Å². The zero-order chi connectivity index (χ0) is 50.8. The fourth-order valence-electron chi connectivity index (χ4n) is 6.82. The number of aliphatic carboxylic acids is 2. The number of carboxylic acids is 2. The lowest BCUT2D eigenvalue weighted by molar-refractivity contribution is -0.155. The Morgan fingerprint density at radius 3 is 1.51 bits per heavy atom. The summed E-state index contributed by atoms with van der Waals surface area (Å²) in [5.41, 5.74) is 6.27. The summed E-state index contributed by atoms with van der Waals surface area (Å²) in [6.45, 7) is 14.7. The zero-order valence-electron chi connectivity index (χ0n) is 40.5. The number of urea groups is 2. The maximum Gasteiger partial charge on any atom is 0.326 e. The summed E-state index contributed by atoms with van der Waals surface area (Å²) in [4.78, 5) is 95.7. The topological polar surface area (TPSA) is 244 Å². The molecule has 0 unspecified atom stereocenters. The fraction of sp³-hybridized carbons (Fsp3) is 0.423. The molecule has 2 aliphatic rings. The van der Waals surface area contributed by atoms with Gasteiger partial charge in [0.2, 0.25) is 0 Å². The van der Waals surface area contributed by atoms with Crippen molar-refractivity contribution in [2.24, 2.45) is 5.41 Å². The molecule has 4 amide bonds. The molecule has 0 spiro atoms. The summed E-state index contributed by atoms with van der Waals surface area (Å²) < 4.78 is 10.8. The van der Waals surface area contributed by atoms with Gasteiger partial charge < -0.3 is 41.0 Å². The molecule has 0 radical (unpaired) electrons. The molecule has 0 aromatic carbocycles. The first-order chi connectivity index (χ1) is 32.1. The summed E-state index contributed by atoms with van der Waals surface area (Å²) in [7, 11) is 0. The number of Topliss-reactive ketones (excluding diaryl/α,β-unsaturated/α-hetero) is 2. The normalized spacial score (nSPS) is 18.6. The maximum absolute atomic E-state index is 13.2. The highest BCUT2D eigenvalue weighted by atomic mass is 16.6. The lowest BCUT2D eigenvalue weighted by Crippen LogP contribution is -2.43. The molecule has 6 N–H and O–H groups in total. The minimum Gasteiger partial charge on any atom is -0.481 e. The van der Waals surface area contributed by atoms with Crippen LogP contribution in [0.5, 0.6) is 0 Å². The van der Waals surface area contributed by atoms with Crippen LogP contribution in [0.15, 0.2) is 130 Å². The second-order valence-electron chi connectivity index (χ2n) is 17.1. The van der Waals surface area contributed by atoms with E-state index in [-0.39, 0.29) is 56.8 Å². The third-order valence-electron chi connectivity index (χ3n) is 10.7. The van der Waals surface area contributed by atoms with Crippen molar-refractivity contribution in [2.45, 2.75) is 113 Å². The van der Waals surface area contributed by atoms with Gasteiger partial charge in [-0.05, 0) is 94.9 Å². The zero-order valence-corrected chi connectivity index (χ0v) is 40.5. The number of ketones is 2. The second kappa shape index (κ2) is 29.5. The molecule has 16 heteroatoms. The Kier molecular flexibility index (Phi) is 24.8. The molecule has 68 heavy (non-hydrogen) atoms. The van der Waals surface area contributed by atoms with Crippen LogP contribution in [-0.2, 0) is 38.2 Å². The van der Waals surface area contributed by atoms with Crippen LogP contribution >= 0.6 is 0 Å². The molecular formula is C52H68N4O12. The third-order valence-corrected chi connectivity index (χ3v) is 10.7. The van der Waals surface area contributed by atoms with Crippen molar-refractivity contribution < 1.29 is 58.0 Å². The highest BCUT2D eigenvalue weighted by Crippen LogP contribution is 2.40. The van der Waals surface area contributed by atoms with E-state index in [1.54, 1.807) is 13.8 Å².